The maximum Gasteiger partial charge on any atom is 0.416 e. The third-order valence-electron chi connectivity index (χ3n) is 6.04. The Morgan fingerprint density at radius 1 is 1.32 bits per heavy atom. The van der Waals surface area contributed by atoms with Gasteiger partial charge in [0.05, 0.1) is 18.7 Å². The molecule has 1 saturated carbocycles. The molecule has 0 aromatic heterocycles. The zero-order valence-electron chi connectivity index (χ0n) is 17.6. The molecule has 0 bridgehead atoms. The summed E-state index contributed by atoms with van der Waals surface area (Å²) in [6.07, 6.45) is -0.645. The van der Waals surface area contributed by atoms with E-state index in [-0.39, 0.29) is 41.5 Å². The second-order valence-corrected chi connectivity index (χ2v) is 8.02. The lowest BCUT2D eigenvalue weighted by Gasteiger charge is -2.41. The number of likely N-dealkylation sites (tertiary alicyclic amines) is 1. The van der Waals surface area contributed by atoms with Gasteiger partial charge < -0.3 is 20.7 Å². The van der Waals surface area contributed by atoms with Crippen LogP contribution in [0.2, 0.25) is 0 Å². The van der Waals surface area contributed by atoms with E-state index in [1.165, 1.54) is 12.1 Å². The molecule has 10 heteroatoms. The van der Waals surface area contributed by atoms with Gasteiger partial charge in [-0.15, -0.1) is 24.0 Å². The first-order valence-corrected chi connectivity index (χ1v) is 10.4. The average Bonchev–Trinajstić information content (AvgIpc) is 2.67. The number of hydrogen-bond donors (Lipinski definition) is 2. The zero-order chi connectivity index (χ0) is 21.8. The smallest absolute Gasteiger partial charge is 0.416 e. The van der Waals surface area contributed by atoms with Gasteiger partial charge >= 0.3 is 12.3 Å². The van der Waals surface area contributed by atoms with E-state index < -0.39 is 11.7 Å². The van der Waals surface area contributed by atoms with Crippen molar-refractivity contribution in [3.05, 3.63) is 35.4 Å². The lowest BCUT2D eigenvalue weighted by atomic mass is 9.64. The maximum absolute atomic E-state index is 13.1. The van der Waals surface area contributed by atoms with Crippen LogP contribution >= 0.6 is 24.0 Å². The summed E-state index contributed by atoms with van der Waals surface area (Å²) in [7, 11) is 0. The molecule has 1 heterocycles. The van der Waals surface area contributed by atoms with Crippen LogP contribution in [0.5, 0.6) is 0 Å². The fourth-order valence-electron chi connectivity index (χ4n) is 4.08. The Morgan fingerprint density at radius 2 is 2.00 bits per heavy atom. The molecule has 1 aliphatic carbocycles. The predicted molar refractivity (Wildman–Crippen MR) is 124 cm³/mol. The van der Waals surface area contributed by atoms with Crippen LogP contribution in [0.1, 0.15) is 50.2 Å². The molecular formula is C21H30F3IN4O2. The molecule has 2 fully saturated rings. The molecular weight excluding hydrogens is 524 g/mol. The number of hydrogen-bond acceptors (Lipinski definition) is 3. The molecule has 1 aliphatic heterocycles. The van der Waals surface area contributed by atoms with Gasteiger partial charge in [-0.2, -0.15) is 13.2 Å². The second kappa shape index (κ2) is 10.7. The molecule has 0 radical (unpaired) electrons. The monoisotopic (exact) mass is 554 g/mol. The molecule has 1 aromatic rings. The summed E-state index contributed by atoms with van der Waals surface area (Å²) in [5.41, 5.74) is 5.71. The van der Waals surface area contributed by atoms with Gasteiger partial charge in [0, 0.05) is 24.5 Å². The topological polar surface area (TPSA) is 80.0 Å². The molecule has 3 rings (SSSR count). The van der Waals surface area contributed by atoms with E-state index >= 15 is 0 Å². The van der Waals surface area contributed by atoms with E-state index in [9.17, 15) is 18.0 Å². The van der Waals surface area contributed by atoms with Gasteiger partial charge in [0.1, 0.15) is 0 Å². The summed E-state index contributed by atoms with van der Waals surface area (Å²) in [5, 5.41) is 3.19. The van der Waals surface area contributed by atoms with E-state index in [0.29, 0.717) is 37.8 Å². The minimum Gasteiger partial charge on any atom is -0.450 e. The van der Waals surface area contributed by atoms with Crippen LogP contribution in [0.25, 0.3) is 0 Å². The standard InChI is InChI=1S/C21H29F3N4O2.HI/c1-2-30-19(29)28-11-7-17(8-12-28)27-18(25)26-14-20(9-4-10-20)15-5-3-6-16(13-15)21(22,23)24;/h3,5-6,13,17H,2,4,7-12,14H2,1H3,(H3,25,26,27);1H. The first kappa shape index (κ1) is 25.5. The summed E-state index contributed by atoms with van der Waals surface area (Å²) in [4.78, 5) is 17.9. The lowest BCUT2D eigenvalue weighted by Crippen LogP contribution is -2.49. The predicted octanol–water partition coefficient (Wildman–Crippen LogP) is 4.27. The van der Waals surface area contributed by atoms with E-state index in [2.05, 4.69) is 10.3 Å². The first-order chi connectivity index (χ1) is 14.2. The van der Waals surface area contributed by atoms with Gasteiger partial charge in [0.25, 0.3) is 0 Å². The number of aliphatic imine (C=N–C) groups is 1. The molecule has 2 aliphatic rings. The van der Waals surface area contributed by atoms with Crippen LogP contribution in [0.4, 0.5) is 18.0 Å². The van der Waals surface area contributed by atoms with Crippen LogP contribution in [0.15, 0.2) is 29.3 Å². The highest BCUT2D eigenvalue weighted by molar-refractivity contribution is 14.0. The Kier molecular flexibility index (Phi) is 8.84. The Labute approximate surface area is 197 Å². The number of rotatable bonds is 5. The Bertz CT molecular complexity index is 776. The molecule has 3 N–H and O–H groups in total. The van der Waals surface area contributed by atoms with Crippen LogP contribution < -0.4 is 11.1 Å². The molecule has 0 atom stereocenters. The van der Waals surface area contributed by atoms with Crippen molar-refractivity contribution in [1.29, 1.82) is 0 Å². The highest BCUT2D eigenvalue weighted by Gasteiger charge is 2.40. The number of ether oxygens (including phenoxy) is 1. The third-order valence-corrected chi connectivity index (χ3v) is 6.04. The number of benzene rings is 1. The summed E-state index contributed by atoms with van der Waals surface area (Å²) >= 11 is 0. The minimum atomic E-state index is -4.36. The third kappa shape index (κ3) is 6.39. The van der Waals surface area contributed by atoms with Gasteiger partial charge in [-0.05, 0) is 44.2 Å². The van der Waals surface area contributed by atoms with Gasteiger partial charge in [0.15, 0.2) is 5.96 Å². The summed E-state index contributed by atoms with van der Waals surface area (Å²) < 4.78 is 44.3. The number of nitrogens with two attached hydrogens (primary N) is 1. The van der Waals surface area contributed by atoms with Crippen LogP contribution in [0.3, 0.4) is 0 Å². The van der Waals surface area contributed by atoms with E-state index in [1.54, 1.807) is 17.9 Å². The summed E-state index contributed by atoms with van der Waals surface area (Å²) in [6.45, 7) is 3.65. The van der Waals surface area contributed by atoms with Crippen molar-refractivity contribution in [3.63, 3.8) is 0 Å². The summed E-state index contributed by atoms with van der Waals surface area (Å²) in [6, 6.07) is 5.64. The number of nitrogens with one attached hydrogen (secondary N) is 1. The normalized spacial score (nSPS) is 19.2. The van der Waals surface area contributed by atoms with Crippen LogP contribution in [0, 0.1) is 0 Å². The average molecular weight is 554 g/mol. The fraction of sp³-hybridized carbons (Fsp3) is 0.619. The number of amides is 1. The molecule has 31 heavy (non-hydrogen) atoms. The van der Waals surface area contributed by atoms with Gasteiger partial charge in [-0.25, -0.2) is 4.79 Å². The van der Waals surface area contributed by atoms with Crippen LogP contribution in [-0.2, 0) is 16.3 Å². The molecule has 174 valence electrons. The highest BCUT2D eigenvalue weighted by atomic mass is 127. The van der Waals surface area contributed by atoms with Crippen molar-refractivity contribution >= 4 is 36.0 Å². The number of carbonyl (C=O) groups excluding carboxylic acids is 1. The molecule has 6 nitrogen and oxygen atoms in total. The van der Waals surface area contributed by atoms with Crippen molar-refractivity contribution in [3.8, 4) is 0 Å². The molecule has 1 saturated heterocycles. The Hall–Kier alpha value is -1.72. The highest BCUT2D eigenvalue weighted by Crippen LogP contribution is 2.45. The van der Waals surface area contributed by atoms with Crippen molar-refractivity contribution in [2.24, 2.45) is 10.7 Å². The maximum atomic E-state index is 13.1. The quantitative estimate of drug-likeness (QED) is 0.324. The van der Waals surface area contributed by atoms with Gasteiger partial charge in [-0.1, -0.05) is 24.6 Å². The number of nitrogens with zero attached hydrogens (tertiary/aromatic N) is 2. The first-order valence-electron chi connectivity index (χ1n) is 10.4. The van der Waals surface area contributed by atoms with E-state index in [4.69, 9.17) is 10.5 Å². The molecule has 1 amide bonds. The Balaban J connectivity index is 0.00000341. The number of alkyl halides is 3. The minimum absolute atomic E-state index is 0. The van der Waals surface area contributed by atoms with Crippen molar-refractivity contribution in [2.45, 2.75) is 56.7 Å². The number of guanidine groups is 1. The largest absolute Gasteiger partial charge is 0.450 e. The molecule has 0 spiro atoms. The SMILES string of the molecule is CCOC(=O)N1CCC(NC(N)=NCC2(c3cccc(C(F)(F)F)c3)CCC2)CC1.I. The van der Waals surface area contributed by atoms with E-state index in [1.807, 2.05) is 0 Å². The fourth-order valence-corrected chi connectivity index (χ4v) is 4.08. The molecule has 1 aromatic carbocycles. The lowest BCUT2D eigenvalue weighted by molar-refractivity contribution is -0.137. The van der Waals surface area contributed by atoms with Crippen molar-refractivity contribution < 1.29 is 22.7 Å². The van der Waals surface area contributed by atoms with Gasteiger partial charge in [-0.3, -0.25) is 4.99 Å². The zero-order valence-corrected chi connectivity index (χ0v) is 19.9. The van der Waals surface area contributed by atoms with E-state index in [0.717, 1.165) is 38.2 Å². The number of carbonyl (C=O) groups is 1. The van der Waals surface area contributed by atoms with Gasteiger partial charge in [0.2, 0.25) is 0 Å². The van der Waals surface area contributed by atoms with Crippen LogP contribution in [-0.4, -0.2) is 49.2 Å². The second-order valence-electron chi connectivity index (χ2n) is 8.02. The molecule has 0 unspecified atom stereocenters. The number of piperidine rings is 1. The van der Waals surface area contributed by atoms with Crippen molar-refractivity contribution in [1.82, 2.24) is 10.2 Å². The van der Waals surface area contributed by atoms with Crippen molar-refractivity contribution in [2.75, 3.05) is 26.2 Å². The summed E-state index contributed by atoms with van der Waals surface area (Å²) in [5.74, 6) is 0.294. The Morgan fingerprint density at radius 3 is 2.55 bits per heavy atom. The number of halogens is 4.